The number of nitrogens with zero attached hydrogens (tertiary/aromatic N) is 2. The van der Waals surface area contributed by atoms with E-state index >= 15 is 0 Å². The number of hydrogen-bond acceptors (Lipinski definition) is 3. The molecule has 3 rings (SSSR count). The maximum atomic E-state index is 12.7. The molecule has 2 heterocycles. The van der Waals surface area contributed by atoms with E-state index in [-0.39, 0.29) is 5.41 Å². The van der Waals surface area contributed by atoms with Crippen molar-refractivity contribution in [2.45, 2.75) is 64.8 Å². The van der Waals surface area contributed by atoms with E-state index in [1.165, 1.54) is 32.4 Å². The second-order valence-corrected chi connectivity index (χ2v) is 9.97. The van der Waals surface area contributed by atoms with Crippen LogP contribution in [0.3, 0.4) is 0 Å². The predicted molar refractivity (Wildman–Crippen MR) is 90.3 cm³/mol. The average molecular weight is 329 g/mol. The van der Waals surface area contributed by atoms with Crippen molar-refractivity contribution >= 4 is 10.0 Å². The van der Waals surface area contributed by atoms with Crippen molar-refractivity contribution in [1.82, 2.24) is 9.21 Å². The summed E-state index contributed by atoms with van der Waals surface area (Å²) in [5, 5.41) is 0. The summed E-state index contributed by atoms with van der Waals surface area (Å²) < 4.78 is 27.3. The first-order chi connectivity index (χ1) is 10.4. The molecule has 0 amide bonds. The summed E-state index contributed by atoms with van der Waals surface area (Å²) in [4.78, 5) is 2.60. The topological polar surface area (TPSA) is 40.6 Å². The van der Waals surface area contributed by atoms with E-state index in [1.54, 1.807) is 4.31 Å². The average Bonchev–Trinajstić information content (AvgIpc) is 3.29. The Labute approximate surface area is 136 Å². The fraction of sp³-hybridized carbons (Fsp3) is 1.00. The molecule has 0 aromatic heterocycles. The Bertz CT molecular complexity index is 471. The van der Waals surface area contributed by atoms with Crippen molar-refractivity contribution in [3.63, 3.8) is 0 Å². The second kappa shape index (κ2) is 6.40. The Morgan fingerprint density at radius 2 is 1.59 bits per heavy atom. The monoisotopic (exact) mass is 328 g/mol. The highest BCUT2D eigenvalue weighted by Gasteiger charge is 2.49. The fourth-order valence-corrected chi connectivity index (χ4v) is 6.57. The Kier molecular flexibility index (Phi) is 4.87. The van der Waals surface area contributed by atoms with Gasteiger partial charge in [-0.2, -0.15) is 0 Å². The molecule has 0 aromatic carbocycles. The van der Waals surface area contributed by atoms with E-state index in [1.807, 2.05) is 0 Å². The van der Waals surface area contributed by atoms with Crippen LogP contribution in [0.4, 0.5) is 0 Å². The minimum atomic E-state index is -3.06. The lowest BCUT2D eigenvalue weighted by Gasteiger charge is -2.40. The zero-order valence-corrected chi connectivity index (χ0v) is 15.1. The standard InChI is InChI=1S/C17H32N2O2S/c1-15(2)17(8-9-17)14-22(20,21)19-12-6-16(7-13-19)18-10-4-3-5-11-18/h15-16H,3-14H2,1-2H3. The number of hydrogen-bond donors (Lipinski definition) is 0. The number of sulfonamides is 1. The first-order valence-corrected chi connectivity index (χ1v) is 10.8. The first-order valence-electron chi connectivity index (χ1n) is 9.15. The van der Waals surface area contributed by atoms with Crippen molar-refractivity contribution in [1.29, 1.82) is 0 Å². The lowest BCUT2D eigenvalue weighted by atomic mass is 9.95. The molecule has 0 aromatic rings. The molecule has 22 heavy (non-hydrogen) atoms. The molecule has 128 valence electrons. The quantitative estimate of drug-likeness (QED) is 0.779. The lowest BCUT2D eigenvalue weighted by molar-refractivity contribution is 0.117. The van der Waals surface area contributed by atoms with Crippen LogP contribution >= 0.6 is 0 Å². The molecule has 5 heteroatoms. The van der Waals surface area contributed by atoms with Gasteiger partial charge in [0, 0.05) is 19.1 Å². The Hall–Kier alpha value is -0.130. The van der Waals surface area contributed by atoms with Crippen LogP contribution < -0.4 is 0 Å². The highest BCUT2D eigenvalue weighted by atomic mass is 32.2. The fourth-order valence-electron chi connectivity index (χ4n) is 4.27. The van der Waals surface area contributed by atoms with Gasteiger partial charge in [-0.1, -0.05) is 20.3 Å². The maximum Gasteiger partial charge on any atom is 0.214 e. The van der Waals surface area contributed by atoms with E-state index in [9.17, 15) is 8.42 Å². The molecule has 1 aliphatic carbocycles. The zero-order chi connectivity index (χ0) is 15.8. The molecule has 1 saturated carbocycles. The van der Waals surface area contributed by atoms with Crippen molar-refractivity contribution in [3.8, 4) is 0 Å². The molecular weight excluding hydrogens is 296 g/mol. The van der Waals surface area contributed by atoms with Crippen LogP contribution in [0.2, 0.25) is 0 Å². The van der Waals surface area contributed by atoms with Gasteiger partial charge in [-0.05, 0) is 62.9 Å². The first kappa shape index (κ1) is 16.7. The SMILES string of the molecule is CC(C)C1(CS(=O)(=O)N2CCC(N3CCCCC3)CC2)CC1. The van der Waals surface area contributed by atoms with Gasteiger partial charge in [0.05, 0.1) is 5.75 Å². The van der Waals surface area contributed by atoms with Gasteiger partial charge in [0.1, 0.15) is 0 Å². The van der Waals surface area contributed by atoms with Gasteiger partial charge in [0.15, 0.2) is 0 Å². The zero-order valence-electron chi connectivity index (χ0n) is 14.3. The van der Waals surface area contributed by atoms with Gasteiger partial charge >= 0.3 is 0 Å². The van der Waals surface area contributed by atoms with Gasteiger partial charge in [0.25, 0.3) is 0 Å². The van der Waals surface area contributed by atoms with E-state index in [4.69, 9.17) is 0 Å². The molecular formula is C17H32N2O2S. The van der Waals surface area contributed by atoms with Gasteiger partial charge in [0.2, 0.25) is 10.0 Å². The Balaban J connectivity index is 1.54. The van der Waals surface area contributed by atoms with Crippen LogP contribution in [-0.4, -0.2) is 55.6 Å². The van der Waals surface area contributed by atoms with Crippen LogP contribution in [0.15, 0.2) is 0 Å². The largest absolute Gasteiger partial charge is 0.300 e. The van der Waals surface area contributed by atoms with Crippen molar-refractivity contribution in [3.05, 3.63) is 0 Å². The molecule has 0 radical (unpaired) electrons. The maximum absolute atomic E-state index is 12.7. The summed E-state index contributed by atoms with van der Waals surface area (Å²) in [7, 11) is -3.06. The van der Waals surface area contributed by atoms with Crippen LogP contribution in [0.1, 0.15) is 58.8 Å². The minimum absolute atomic E-state index is 0.0859. The summed E-state index contributed by atoms with van der Waals surface area (Å²) >= 11 is 0. The molecule has 0 spiro atoms. The summed E-state index contributed by atoms with van der Waals surface area (Å²) in [5.41, 5.74) is 0.0859. The third kappa shape index (κ3) is 3.51. The molecule has 3 aliphatic rings. The van der Waals surface area contributed by atoms with Gasteiger partial charge < -0.3 is 4.90 Å². The molecule has 0 bridgehead atoms. The van der Waals surface area contributed by atoms with E-state index in [0.717, 1.165) is 38.8 Å². The van der Waals surface area contributed by atoms with Gasteiger partial charge in [-0.15, -0.1) is 0 Å². The molecule has 2 aliphatic heterocycles. The summed E-state index contributed by atoms with van der Waals surface area (Å²) in [5.74, 6) is 0.861. The molecule has 4 nitrogen and oxygen atoms in total. The van der Waals surface area contributed by atoms with Crippen LogP contribution in [0.25, 0.3) is 0 Å². The van der Waals surface area contributed by atoms with Gasteiger partial charge in [-0.3, -0.25) is 0 Å². The molecule has 0 atom stereocenters. The normalized spacial score (nSPS) is 28.1. The second-order valence-electron chi connectivity index (χ2n) is 8.00. The third-order valence-electron chi connectivity index (χ3n) is 6.31. The molecule has 0 unspecified atom stereocenters. The smallest absolute Gasteiger partial charge is 0.214 e. The number of likely N-dealkylation sites (tertiary alicyclic amines) is 1. The Morgan fingerprint density at radius 3 is 2.09 bits per heavy atom. The van der Waals surface area contributed by atoms with Crippen molar-refractivity contribution in [2.24, 2.45) is 11.3 Å². The lowest BCUT2D eigenvalue weighted by Crippen LogP contribution is -2.49. The van der Waals surface area contributed by atoms with Crippen molar-refractivity contribution < 1.29 is 8.42 Å². The molecule has 0 N–H and O–H groups in total. The molecule has 3 fully saturated rings. The van der Waals surface area contributed by atoms with Crippen LogP contribution in [0, 0.1) is 11.3 Å². The number of rotatable bonds is 5. The van der Waals surface area contributed by atoms with Crippen LogP contribution in [0.5, 0.6) is 0 Å². The summed E-state index contributed by atoms with van der Waals surface area (Å²) in [6.07, 6.45) is 8.22. The summed E-state index contributed by atoms with van der Waals surface area (Å²) in [6.45, 7) is 8.24. The summed E-state index contributed by atoms with van der Waals surface area (Å²) in [6, 6.07) is 0.617. The Morgan fingerprint density at radius 1 is 1.00 bits per heavy atom. The molecule has 2 saturated heterocycles. The predicted octanol–water partition coefficient (Wildman–Crippen LogP) is 2.70. The van der Waals surface area contributed by atoms with E-state index in [0.29, 0.717) is 17.7 Å². The van der Waals surface area contributed by atoms with Gasteiger partial charge in [-0.25, -0.2) is 12.7 Å². The third-order valence-corrected chi connectivity index (χ3v) is 8.40. The van der Waals surface area contributed by atoms with E-state index in [2.05, 4.69) is 18.7 Å². The van der Waals surface area contributed by atoms with Crippen LogP contribution in [-0.2, 0) is 10.0 Å². The highest BCUT2D eigenvalue weighted by molar-refractivity contribution is 7.89. The van der Waals surface area contributed by atoms with E-state index < -0.39 is 10.0 Å². The minimum Gasteiger partial charge on any atom is -0.300 e. The number of piperidine rings is 2. The van der Waals surface area contributed by atoms with Crippen molar-refractivity contribution in [2.75, 3.05) is 31.9 Å². The highest BCUT2D eigenvalue weighted by Crippen LogP contribution is 2.53.